The van der Waals surface area contributed by atoms with Gasteiger partial charge in [0.1, 0.15) is 23.3 Å². The van der Waals surface area contributed by atoms with Gasteiger partial charge in [-0.15, -0.1) is 5.10 Å². The van der Waals surface area contributed by atoms with Crippen LogP contribution < -0.4 is 5.73 Å². The van der Waals surface area contributed by atoms with Crippen molar-refractivity contribution in [2.24, 2.45) is 0 Å². The number of nitrogens with zero attached hydrogens (tertiary/aromatic N) is 5. The Morgan fingerprint density at radius 1 is 0.879 bits per heavy atom. The van der Waals surface area contributed by atoms with Crippen molar-refractivity contribution in [2.45, 2.75) is 13.0 Å². The highest BCUT2D eigenvalue weighted by atomic mass is 19.1. The van der Waals surface area contributed by atoms with E-state index in [2.05, 4.69) is 15.2 Å². The Balaban J connectivity index is 1.55. The molecule has 0 spiro atoms. The Morgan fingerprint density at radius 3 is 2.27 bits per heavy atom. The standard InChI is InChI=1S/C23H16F4N6/c1-12(14-4-16(24)7-17(25)5-14)33-11-15(10-29-33)20-9-18(26)8-19(22(20)27)13-2-3-32-21(6-13)30-23(28)31-32/h2-12H,1H3,(H2,28,31). The largest absolute Gasteiger partial charge is 0.366 e. The zero-order valence-electron chi connectivity index (χ0n) is 17.2. The molecule has 5 rings (SSSR count). The summed E-state index contributed by atoms with van der Waals surface area (Å²) in [4.78, 5) is 4.04. The van der Waals surface area contributed by atoms with Gasteiger partial charge in [-0.25, -0.2) is 22.1 Å². The minimum Gasteiger partial charge on any atom is -0.366 e. The van der Waals surface area contributed by atoms with Crippen LogP contribution in [0.2, 0.25) is 0 Å². The van der Waals surface area contributed by atoms with Gasteiger partial charge in [0.25, 0.3) is 0 Å². The number of aromatic nitrogens is 5. The van der Waals surface area contributed by atoms with Gasteiger partial charge in [0.05, 0.1) is 12.2 Å². The molecule has 3 aromatic heterocycles. The predicted octanol–water partition coefficient (Wildman–Crippen LogP) is 5.01. The molecule has 0 radical (unpaired) electrons. The van der Waals surface area contributed by atoms with Crippen molar-refractivity contribution in [3.63, 3.8) is 0 Å². The molecule has 0 saturated heterocycles. The van der Waals surface area contributed by atoms with E-state index in [0.717, 1.165) is 18.2 Å². The molecule has 1 unspecified atom stereocenters. The molecule has 0 amide bonds. The van der Waals surface area contributed by atoms with E-state index in [4.69, 9.17) is 5.73 Å². The second kappa shape index (κ2) is 7.73. The van der Waals surface area contributed by atoms with Crippen LogP contribution in [0.25, 0.3) is 27.9 Å². The lowest BCUT2D eigenvalue weighted by atomic mass is 10.00. The Hall–Kier alpha value is -4.21. The first-order valence-corrected chi connectivity index (χ1v) is 9.90. The minimum atomic E-state index is -0.712. The van der Waals surface area contributed by atoms with Gasteiger partial charge >= 0.3 is 0 Å². The number of hydrogen-bond donors (Lipinski definition) is 1. The van der Waals surface area contributed by atoms with Gasteiger partial charge in [-0.05, 0) is 54.4 Å². The molecule has 0 fully saturated rings. The fraction of sp³-hybridized carbons (Fsp3) is 0.0870. The number of hydrogen-bond acceptors (Lipinski definition) is 4. The van der Waals surface area contributed by atoms with Crippen LogP contribution in [-0.2, 0) is 0 Å². The van der Waals surface area contributed by atoms with Crippen LogP contribution in [0.15, 0.2) is 61.1 Å². The van der Waals surface area contributed by atoms with E-state index in [-0.39, 0.29) is 17.1 Å². The van der Waals surface area contributed by atoms with Gasteiger partial charge in [-0.3, -0.25) is 4.68 Å². The van der Waals surface area contributed by atoms with Gasteiger partial charge in [0.2, 0.25) is 5.95 Å². The molecule has 166 valence electrons. The monoisotopic (exact) mass is 452 g/mol. The van der Waals surface area contributed by atoms with E-state index in [1.165, 1.54) is 33.7 Å². The summed E-state index contributed by atoms with van der Waals surface area (Å²) >= 11 is 0. The number of fused-ring (bicyclic) bond motifs is 1. The molecule has 2 aromatic carbocycles. The van der Waals surface area contributed by atoms with Crippen LogP contribution >= 0.6 is 0 Å². The molecule has 1 atom stereocenters. The average Bonchev–Trinajstić information content (AvgIpc) is 3.39. The lowest BCUT2D eigenvalue weighted by Gasteiger charge is -2.13. The van der Waals surface area contributed by atoms with E-state index >= 15 is 4.39 Å². The van der Waals surface area contributed by atoms with E-state index in [1.807, 2.05) is 0 Å². The topological polar surface area (TPSA) is 74.0 Å². The lowest BCUT2D eigenvalue weighted by molar-refractivity contribution is 0.539. The van der Waals surface area contributed by atoms with Crippen molar-refractivity contribution < 1.29 is 17.6 Å². The van der Waals surface area contributed by atoms with Crippen molar-refractivity contribution in [3.05, 3.63) is 89.9 Å². The zero-order valence-corrected chi connectivity index (χ0v) is 17.2. The molecular weight excluding hydrogens is 436 g/mol. The molecule has 5 aromatic rings. The number of rotatable bonds is 4. The highest BCUT2D eigenvalue weighted by Gasteiger charge is 2.18. The summed E-state index contributed by atoms with van der Waals surface area (Å²) in [6.45, 7) is 1.69. The average molecular weight is 452 g/mol. The zero-order chi connectivity index (χ0) is 23.3. The third kappa shape index (κ3) is 3.79. The first kappa shape index (κ1) is 20.7. The van der Waals surface area contributed by atoms with Gasteiger partial charge < -0.3 is 5.73 Å². The van der Waals surface area contributed by atoms with E-state index < -0.39 is 29.3 Å². The number of nitrogens with two attached hydrogens (primary N) is 1. The fourth-order valence-electron chi connectivity index (χ4n) is 3.73. The summed E-state index contributed by atoms with van der Waals surface area (Å²) in [7, 11) is 0. The maximum atomic E-state index is 15.5. The summed E-state index contributed by atoms with van der Waals surface area (Å²) in [6, 6.07) is 7.92. The lowest BCUT2D eigenvalue weighted by Crippen LogP contribution is -2.07. The Labute approximate surface area is 184 Å². The summed E-state index contributed by atoms with van der Waals surface area (Å²) < 4.78 is 60.0. The van der Waals surface area contributed by atoms with Gasteiger partial charge in [0.15, 0.2) is 5.65 Å². The van der Waals surface area contributed by atoms with Gasteiger partial charge in [0, 0.05) is 35.2 Å². The Bertz CT molecular complexity index is 1490. The number of halogens is 4. The summed E-state index contributed by atoms with van der Waals surface area (Å²) in [5, 5.41) is 8.16. The molecule has 0 aliphatic heterocycles. The first-order chi connectivity index (χ1) is 15.8. The number of nitrogen functional groups attached to an aromatic ring is 1. The van der Waals surface area contributed by atoms with Crippen LogP contribution in [0.4, 0.5) is 23.5 Å². The van der Waals surface area contributed by atoms with E-state index in [0.29, 0.717) is 22.3 Å². The second-order valence-corrected chi connectivity index (χ2v) is 7.59. The molecule has 0 aliphatic carbocycles. The van der Waals surface area contributed by atoms with Crippen molar-refractivity contribution in [3.8, 4) is 22.3 Å². The first-order valence-electron chi connectivity index (χ1n) is 9.90. The van der Waals surface area contributed by atoms with Crippen molar-refractivity contribution >= 4 is 11.6 Å². The third-order valence-electron chi connectivity index (χ3n) is 5.38. The van der Waals surface area contributed by atoms with Crippen LogP contribution in [0.1, 0.15) is 18.5 Å². The minimum absolute atomic E-state index is 0.00488. The second-order valence-electron chi connectivity index (χ2n) is 7.59. The highest BCUT2D eigenvalue weighted by Crippen LogP contribution is 2.33. The smallest absolute Gasteiger partial charge is 0.240 e. The number of anilines is 1. The van der Waals surface area contributed by atoms with E-state index in [1.54, 1.807) is 25.3 Å². The normalized spacial score (nSPS) is 12.4. The molecule has 33 heavy (non-hydrogen) atoms. The molecule has 2 N–H and O–H groups in total. The van der Waals surface area contributed by atoms with Crippen molar-refractivity contribution in [2.75, 3.05) is 5.73 Å². The molecule has 10 heteroatoms. The molecule has 0 saturated carbocycles. The SMILES string of the molecule is CC(c1cc(F)cc(F)c1)n1cc(-c2cc(F)cc(-c3ccn4nc(N)nc4c3)c2F)cn1. The predicted molar refractivity (Wildman–Crippen MR) is 114 cm³/mol. The summed E-state index contributed by atoms with van der Waals surface area (Å²) in [5.41, 5.74) is 7.06. The maximum absolute atomic E-state index is 15.5. The molecule has 6 nitrogen and oxygen atoms in total. The van der Waals surface area contributed by atoms with Crippen molar-refractivity contribution in [1.29, 1.82) is 0 Å². The molecular formula is C23H16F4N6. The Kier molecular flexibility index (Phi) is 4.85. The number of pyridine rings is 1. The summed E-state index contributed by atoms with van der Waals surface area (Å²) in [5.74, 6) is -2.66. The van der Waals surface area contributed by atoms with Crippen LogP contribution in [0.3, 0.4) is 0 Å². The molecule has 3 heterocycles. The quantitative estimate of drug-likeness (QED) is 0.389. The van der Waals surface area contributed by atoms with Crippen LogP contribution in [0, 0.1) is 23.3 Å². The van der Waals surface area contributed by atoms with Gasteiger partial charge in [-0.1, -0.05) is 0 Å². The molecule has 0 bridgehead atoms. The van der Waals surface area contributed by atoms with Crippen LogP contribution in [-0.4, -0.2) is 24.4 Å². The van der Waals surface area contributed by atoms with E-state index in [9.17, 15) is 13.2 Å². The van der Waals surface area contributed by atoms with Crippen LogP contribution in [0.5, 0.6) is 0 Å². The fourth-order valence-corrected chi connectivity index (χ4v) is 3.73. The third-order valence-corrected chi connectivity index (χ3v) is 5.38. The van der Waals surface area contributed by atoms with Crippen molar-refractivity contribution in [1.82, 2.24) is 24.4 Å². The number of benzene rings is 2. The Morgan fingerprint density at radius 2 is 1.55 bits per heavy atom. The van der Waals surface area contributed by atoms with Gasteiger partial charge in [-0.2, -0.15) is 10.1 Å². The summed E-state index contributed by atoms with van der Waals surface area (Å²) in [6.07, 6.45) is 4.42. The molecule has 0 aliphatic rings. The highest BCUT2D eigenvalue weighted by molar-refractivity contribution is 5.75. The maximum Gasteiger partial charge on any atom is 0.240 e.